The molecule has 1 fully saturated rings. The Balaban J connectivity index is 0.00000361. The van der Waals surface area contributed by atoms with E-state index in [1.165, 1.54) is 12.8 Å². The summed E-state index contributed by atoms with van der Waals surface area (Å²) in [5, 5.41) is 6.15. The van der Waals surface area contributed by atoms with Crippen molar-refractivity contribution in [2.24, 2.45) is 11.8 Å². The van der Waals surface area contributed by atoms with Crippen molar-refractivity contribution in [3.05, 3.63) is 0 Å². The first-order valence-corrected chi connectivity index (χ1v) is 7.26. The van der Waals surface area contributed by atoms with Gasteiger partial charge in [-0.25, -0.2) is 0 Å². The van der Waals surface area contributed by atoms with Crippen LogP contribution in [0.2, 0.25) is 0 Å². The molecule has 0 bridgehead atoms. The maximum absolute atomic E-state index is 11.8. The van der Waals surface area contributed by atoms with Gasteiger partial charge < -0.3 is 15.4 Å². The van der Waals surface area contributed by atoms with Crippen LogP contribution in [0.15, 0.2) is 0 Å². The maximum atomic E-state index is 11.8. The van der Waals surface area contributed by atoms with E-state index in [1.54, 1.807) is 6.92 Å². The van der Waals surface area contributed by atoms with Crippen molar-refractivity contribution >= 4 is 24.3 Å². The Kier molecular flexibility index (Phi) is 10.5. The van der Waals surface area contributed by atoms with E-state index >= 15 is 0 Å². The minimum atomic E-state index is -0.257. The van der Waals surface area contributed by atoms with Crippen molar-refractivity contribution in [1.29, 1.82) is 0 Å². The van der Waals surface area contributed by atoms with Crippen molar-refractivity contribution in [2.45, 2.75) is 39.5 Å². The number of hydrogen-bond donors (Lipinski definition) is 2. The minimum Gasteiger partial charge on any atom is -0.466 e. The molecule has 2 atom stereocenters. The van der Waals surface area contributed by atoms with Gasteiger partial charge in [-0.1, -0.05) is 6.92 Å². The summed E-state index contributed by atoms with van der Waals surface area (Å²) in [5.74, 6) is 0.745. The lowest BCUT2D eigenvalue weighted by Crippen LogP contribution is -2.36. The van der Waals surface area contributed by atoms with Crippen LogP contribution in [0, 0.1) is 11.8 Å². The first-order chi connectivity index (χ1) is 9.13. The van der Waals surface area contributed by atoms with Crippen molar-refractivity contribution in [2.75, 3.05) is 26.2 Å². The van der Waals surface area contributed by atoms with Crippen LogP contribution in [0.4, 0.5) is 0 Å². The number of hydrogen-bond acceptors (Lipinski definition) is 4. The van der Waals surface area contributed by atoms with Crippen LogP contribution in [-0.4, -0.2) is 38.1 Å². The molecule has 0 aromatic carbocycles. The van der Waals surface area contributed by atoms with Gasteiger partial charge in [-0.05, 0) is 44.7 Å². The number of nitrogens with one attached hydrogen (secondary N) is 2. The fourth-order valence-electron chi connectivity index (χ4n) is 2.43. The zero-order valence-corrected chi connectivity index (χ0v) is 13.3. The Morgan fingerprint density at radius 3 is 2.80 bits per heavy atom. The van der Waals surface area contributed by atoms with Crippen LogP contribution in [0.1, 0.15) is 39.5 Å². The molecule has 0 aromatic rings. The van der Waals surface area contributed by atoms with E-state index in [1.807, 2.05) is 0 Å². The Morgan fingerprint density at radius 2 is 2.20 bits per heavy atom. The number of halogens is 1. The van der Waals surface area contributed by atoms with Gasteiger partial charge in [0.05, 0.1) is 13.0 Å². The Labute approximate surface area is 127 Å². The summed E-state index contributed by atoms with van der Waals surface area (Å²) in [5.41, 5.74) is 0. The molecule has 20 heavy (non-hydrogen) atoms. The van der Waals surface area contributed by atoms with E-state index in [0.29, 0.717) is 31.4 Å². The first kappa shape index (κ1) is 19.2. The van der Waals surface area contributed by atoms with Gasteiger partial charge in [-0.2, -0.15) is 0 Å². The summed E-state index contributed by atoms with van der Waals surface area (Å²) in [6.07, 6.45) is 3.18. The molecule has 0 saturated carbocycles. The number of ether oxygens (including phenoxy) is 1. The smallest absolute Gasteiger partial charge is 0.307 e. The fourth-order valence-corrected chi connectivity index (χ4v) is 2.43. The van der Waals surface area contributed by atoms with Gasteiger partial charge in [0.1, 0.15) is 0 Å². The molecule has 2 N–H and O–H groups in total. The maximum Gasteiger partial charge on any atom is 0.307 e. The fraction of sp³-hybridized carbons (Fsp3) is 0.857. The summed E-state index contributed by atoms with van der Waals surface area (Å²) in [6, 6.07) is 0. The number of carbonyl (C=O) groups is 2. The predicted octanol–water partition coefficient (Wildman–Crippen LogP) is 1.50. The summed E-state index contributed by atoms with van der Waals surface area (Å²) in [4.78, 5) is 22.9. The lowest BCUT2D eigenvalue weighted by Gasteiger charge is -2.28. The van der Waals surface area contributed by atoms with Gasteiger partial charge in [0, 0.05) is 13.0 Å². The molecule has 1 amide bonds. The normalized spacial score (nSPS) is 19.6. The molecule has 0 spiro atoms. The molecule has 1 aliphatic rings. The predicted molar refractivity (Wildman–Crippen MR) is 80.9 cm³/mol. The molecule has 6 heteroatoms. The summed E-state index contributed by atoms with van der Waals surface area (Å²) < 4.78 is 4.80. The second-order valence-electron chi connectivity index (χ2n) is 5.19. The van der Waals surface area contributed by atoms with E-state index in [2.05, 4.69) is 17.6 Å². The van der Waals surface area contributed by atoms with Crippen molar-refractivity contribution in [3.8, 4) is 0 Å². The molecule has 2 unspecified atom stereocenters. The highest BCUT2D eigenvalue weighted by molar-refractivity contribution is 5.85. The quantitative estimate of drug-likeness (QED) is 0.700. The van der Waals surface area contributed by atoms with E-state index in [-0.39, 0.29) is 30.7 Å². The zero-order chi connectivity index (χ0) is 14.1. The van der Waals surface area contributed by atoms with Crippen LogP contribution < -0.4 is 10.6 Å². The van der Waals surface area contributed by atoms with Gasteiger partial charge in [0.2, 0.25) is 5.91 Å². The molecule has 1 rings (SSSR count). The minimum absolute atomic E-state index is 0. The highest BCUT2D eigenvalue weighted by atomic mass is 35.5. The van der Waals surface area contributed by atoms with Gasteiger partial charge >= 0.3 is 5.97 Å². The molecule has 0 radical (unpaired) electrons. The summed E-state index contributed by atoms with van der Waals surface area (Å²) >= 11 is 0. The number of amides is 1. The largest absolute Gasteiger partial charge is 0.466 e. The summed E-state index contributed by atoms with van der Waals surface area (Å²) in [6.45, 7) is 6.76. The molecule has 1 heterocycles. The highest BCUT2D eigenvalue weighted by Crippen LogP contribution is 2.22. The molecule has 5 nitrogen and oxygen atoms in total. The Morgan fingerprint density at radius 1 is 1.45 bits per heavy atom. The molecule has 0 aromatic heterocycles. The number of esters is 1. The number of piperidine rings is 1. The van der Waals surface area contributed by atoms with Crippen LogP contribution in [0.5, 0.6) is 0 Å². The molecular weight excluding hydrogens is 280 g/mol. The molecule has 118 valence electrons. The lowest BCUT2D eigenvalue weighted by atomic mass is 9.85. The van der Waals surface area contributed by atoms with Crippen molar-refractivity contribution < 1.29 is 14.3 Å². The van der Waals surface area contributed by atoms with E-state index < -0.39 is 0 Å². The first-order valence-electron chi connectivity index (χ1n) is 7.26. The van der Waals surface area contributed by atoms with Gasteiger partial charge in [0.15, 0.2) is 0 Å². The number of carbonyl (C=O) groups excluding carboxylic acids is 2. The Hall–Kier alpha value is -0.810. The van der Waals surface area contributed by atoms with E-state index in [4.69, 9.17) is 4.74 Å². The van der Waals surface area contributed by atoms with Gasteiger partial charge in [0.25, 0.3) is 0 Å². The average molecular weight is 307 g/mol. The third kappa shape index (κ3) is 7.70. The van der Waals surface area contributed by atoms with Gasteiger partial charge in [-0.3, -0.25) is 9.59 Å². The van der Waals surface area contributed by atoms with Crippen LogP contribution in [0.3, 0.4) is 0 Å². The van der Waals surface area contributed by atoms with Crippen molar-refractivity contribution in [1.82, 2.24) is 10.6 Å². The molecule has 1 saturated heterocycles. The van der Waals surface area contributed by atoms with E-state index in [0.717, 1.165) is 13.1 Å². The van der Waals surface area contributed by atoms with Crippen LogP contribution in [0.25, 0.3) is 0 Å². The SMILES string of the molecule is CCOC(=O)CCNC(=O)CC(C)C1CCCNC1.Cl. The van der Waals surface area contributed by atoms with Gasteiger partial charge in [-0.15, -0.1) is 12.4 Å². The standard InChI is InChI=1S/C14H26N2O3.ClH/c1-3-19-14(18)6-8-16-13(17)9-11(2)12-5-4-7-15-10-12;/h11-12,15H,3-10H2,1-2H3,(H,16,17);1H. The highest BCUT2D eigenvalue weighted by Gasteiger charge is 2.21. The monoisotopic (exact) mass is 306 g/mol. The molecule has 0 aliphatic carbocycles. The second kappa shape index (κ2) is 10.9. The average Bonchev–Trinajstić information content (AvgIpc) is 2.40. The van der Waals surface area contributed by atoms with Crippen LogP contribution in [-0.2, 0) is 14.3 Å². The van der Waals surface area contributed by atoms with Crippen molar-refractivity contribution in [3.63, 3.8) is 0 Å². The Bertz CT molecular complexity index is 294. The molecule has 1 aliphatic heterocycles. The topological polar surface area (TPSA) is 67.4 Å². The number of rotatable bonds is 7. The van der Waals surface area contributed by atoms with E-state index in [9.17, 15) is 9.59 Å². The molecular formula is C14H27ClN2O3. The summed E-state index contributed by atoms with van der Waals surface area (Å²) in [7, 11) is 0. The third-order valence-electron chi connectivity index (χ3n) is 3.60. The lowest BCUT2D eigenvalue weighted by molar-refractivity contribution is -0.143. The second-order valence-corrected chi connectivity index (χ2v) is 5.19. The van der Waals surface area contributed by atoms with Crippen LogP contribution >= 0.6 is 12.4 Å². The zero-order valence-electron chi connectivity index (χ0n) is 12.4. The third-order valence-corrected chi connectivity index (χ3v) is 3.60.